The van der Waals surface area contributed by atoms with E-state index in [1.165, 1.54) is 23.1 Å². The average molecular weight is 405 g/mol. The number of hydrogen-bond acceptors (Lipinski definition) is 6. The number of likely N-dealkylation sites (tertiary alicyclic amines) is 1. The van der Waals surface area contributed by atoms with Gasteiger partial charge in [0.25, 0.3) is 5.91 Å². The number of aromatic nitrogens is 2. The fraction of sp³-hybridized carbons (Fsp3) is 0.474. The van der Waals surface area contributed by atoms with Crippen molar-refractivity contribution in [1.29, 1.82) is 0 Å². The van der Waals surface area contributed by atoms with Crippen molar-refractivity contribution in [3.05, 3.63) is 34.8 Å². The minimum atomic E-state index is -0.223. The van der Waals surface area contributed by atoms with Crippen LogP contribution in [0.1, 0.15) is 42.1 Å². The first kappa shape index (κ1) is 19.8. The molecule has 1 aromatic heterocycles. The Labute approximate surface area is 167 Å². The second-order valence-electron chi connectivity index (χ2n) is 6.93. The van der Waals surface area contributed by atoms with Gasteiger partial charge in [0, 0.05) is 24.4 Å². The van der Waals surface area contributed by atoms with E-state index in [1.54, 1.807) is 6.07 Å². The molecule has 1 fully saturated rings. The Hall–Kier alpha value is -1.93. The molecule has 1 N–H and O–H groups in total. The van der Waals surface area contributed by atoms with Crippen molar-refractivity contribution in [3.8, 4) is 0 Å². The maximum absolute atomic E-state index is 12.7. The van der Waals surface area contributed by atoms with Crippen molar-refractivity contribution in [3.63, 3.8) is 0 Å². The number of carbonyl (C=O) groups excluding carboxylic acids is 2. The van der Waals surface area contributed by atoms with Crippen molar-refractivity contribution >= 4 is 40.0 Å². The SMILES string of the molecule is CC(C)Cc1nnc(NC(=O)c2ccccc2SCC(=O)N2CCCC2)s1. The lowest BCUT2D eigenvalue weighted by Gasteiger charge is -2.15. The van der Waals surface area contributed by atoms with Crippen LogP contribution in [0.15, 0.2) is 29.2 Å². The number of benzene rings is 1. The van der Waals surface area contributed by atoms with Crippen molar-refractivity contribution in [2.24, 2.45) is 5.92 Å². The van der Waals surface area contributed by atoms with Crippen LogP contribution in [0.3, 0.4) is 0 Å². The van der Waals surface area contributed by atoms with Crippen LogP contribution in [0.4, 0.5) is 5.13 Å². The molecule has 0 bridgehead atoms. The lowest BCUT2D eigenvalue weighted by Crippen LogP contribution is -2.29. The van der Waals surface area contributed by atoms with E-state index in [0.717, 1.165) is 42.3 Å². The zero-order valence-electron chi connectivity index (χ0n) is 15.6. The Morgan fingerprint density at radius 2 is 1.96 bits per heavy atom. The third-order valence-electron chi connectivity index (χ3n) is 4.21. The van der Waals surface area contributed by atoms with Gasteiger partial charge < -0.3 is 4.90 Å². The molecule has 1 aliphatic rings. The van der Waals surface area contributed by atoms with Gasteiger partial charge in [-0.15, -0.1) is 22.0 Å². The first-order valence-corrected chi connectivity index (χ1v) is 11.0. The van der Waals surface area contributed by atoms with Gasteiger partial charge in [-0.2, -0.15) is 0 Å². The lowest BCUT2D eigenvalue weighted by atomic mass is 10.1. The van der Waals surface area contributed by atoms with Crippen molar-refractivity contribution < 1.29 is 9.59 Å². The summed E-state index contributed by atoms with van der Waals surface area (Å²) in [6, 6.07) is 7.35. The van der Waals surface area contributed by atoms with Crippen molar-refractivity contribution in [2.75, 3.05) is 24.2 Å². The Morgan fingerprint density at radius 1 is 1.22 bits per heavy atom. The van der Waals surface area contributed by atoms with Gasteiger partial charge in [0.1, 0.15) is 5.01 Å². The number of nitrogens with zero attached hydrogens (tertiary/aromatic N) is 3. The number of amides is 2. The molecule has 144 valence electrons. The zero-order valence-corrected chi connectivity index (χ0v) is 17.2. The number of nitrogens with one attached hydrogen (secondary N) is 1. The molecule has 3 rings (SSSR count). The molecule has 27 heavy (non-hydrogen) atoms. The van der Waals surface area contributed by atoms with Crippen LogP contribution >= 0.6 is 23.1 Å². The van der Waals surface area contributed by atoms with Gasteiger partial charge >= 0.3 is 0 Å². The van der Waals surface area contributed by atoms with Gasteiger partial charge in [-0.1, -0.05) is 37.3 Å². The molecule has 1 aliphatic heterocycles. The molecule has 0 spiro atoms. The summed E-state index contributed by atoms with van der Waals surface area (Å²) in [6.45, 7) is 5.93. The lowest BCUT2D eigenvalue weighted by molar-refractivity contribution is -0.127. The molecule has 2 amide bonds. The molecule has 2 aromatic rings. The van der Waals surface area contributed by atoms with E-state index in [4.69, 9.17) is 0 Å². The molecule has 0 atom stereocenters. The summed E-state index contributed by atoms with van der Waals surface area (Å²) >= 11 is 2.81. The molecular formula is C19H24N4O2S2. The van der Waals surface area contributed by atoms with Gasteiger partial charge in [-0.25, -0.2) is 0 Å². The summed E-state index contributed by atoms with van der Waals surface area (Å²) in [5.41, 5.74) is 0.553. The zero-order chi connectivity index (χ0) is 19.2. The number of anilines is 1. The van der Waals surface area contributed by atoms with E-state index >= 15 is 0 Å². The third kappa shape index (κ3) is 5.52. The highest BCUT2D eigenvalue weighted by Gasteiger charge is 2.19. The molecule has 0 saturated carbocycles. The Balaban J connectivity index is 1.62. The highest BCUT2D eigenvalue weighted by atomic mass is 32.2. The summed E-state index contributed by atoms with van der Waals surface area (Å²) in [7, 11) is 0. The average Bonchev–Trinajstić information content (AvgIpc) is 3.31. The maximum atomic E-state index is 12.7. The van der Waals surface area contributed by atoms with E-state index in [-0.39, 0.29) is 11.8 Å². The molecule has 0 aliphatic carbocycles. The van der Waals surface area contributed by atoms with Gasteiger partial charge in [0.2, 0.25) is 11.0 Å². The standard InChI is InChI=1S/C19H24N4O2S2/c1-13(2)11-16-21-22-19(27-16)20-18(25)14-7-3-4-8-15(14)26-12-17(24)23-9-5-6-10-23/h3-4,7-8,13H,5-6,9-12H2,1-2H3,(H,20,22,25). The summed E-state index contributed by atoms with van der Waals surface area (Å²) in [5.74, 6) is 0.752. The highest BCUT2D eigenvalue weighted by molar-refractivity contribution is 8.00. The van der Waals surface area contributed by atoms with Gasteiger partial charge in [-0.3, -0.25) is 14.9 Å². The van der Waals surface area contributed by atoms with Crippen LogP contribution in [0.2, 0.25) is 0 Å². The Morgan fingerprint density at radius 3 is 2.70 bits per heavy atom. The fourth-order valence-electron chi connectivity index (χ4n) is 2.88. The van der Waals surface area contributed by atoms with Crippen molar-refractivity contribution in [2.45, 2.75) is 38.0 Å². The normalized spacial score (nSPS) is 14.0. The van der Waals surface area contributed by atoms with Gasteiger partial charge in [0.05, 0.1) is 11.3 Å². The molecule has 0 unspecified atom stereocenters. The van der Waals surface area contributed by atoms with E-state index in [9.17, 15) is 9.59 Å². The topological polar surface area (TPSA) is 75.2 Å². The Kier molecular flexibility index (Phi) is 6.84. The minimum absolute atomic E-state index is 0.134. The molecule has 0 radical (unpaired) electrons. The number of rotatable bonds is 7. The van der Waals surface area contributed by atoms with Crippen molar-refractivity contribution in [1.82, 2.24) is 15.1 Å². The van der Waals surface area contributed by atoms with Crippen LogP contribution in [0.25, 0.3) is 0 Å². The summed E-state index contributed by atoms with van der Waals surface area (Å²) in [6.07, 6.45) is 3.00. The molecule has 1 saturated heterocycles. The quantitative estimate of drug-likeness (QED) is 0.712. The minimum Gasteiger partial charge on any atom is -0.342 e. The second-order valence-corrected chi connectivity index (χ2v) is 9.01. The van der Waals surface area contributed by atoms with Crippen LogP contribution in [-0.4, -0.2) is 45.8 Å². The molecule has 8 heteroatoms. The van der Waals surface area contributed by atoms with E-state index in [2.05, 4.69) is 29.4 Å². The van der Waals surface area contributed by atoms with Crippen LogP contribution in [0, 0.1) is 5.92 Å². The van der Waals surface area contributed by atoms with Crippen LogP contribution < -0.4 is 5.32 Å². The maximum Gasteiger partial charge on any atom is 0.258 e. The molecule has 6 nitrogen and oxygen atoms in total. The molecular weight excluding hydrogens is 380 g/mol. The highest BCUT2D eigenvalue weighted by Crippen LogP contribution is 2.25. The van der Waals surface area contributed by atoms with Gasteiger partial charge in [-0.05, 0) is 30.9 Å². The monoisotopic (exact) mass is 404 g/mol. The predicted octanol–water partition coefficient (Wildman–Crippen LogP) is 3.70. The number of hydrogen-bond donors (Lipinski definition) is 1. The number of thioether (sulfide) groups is 1. The molecule has 2 heterocycles. The first-order chi connectivity index (χ1) is 13.0. The smallest absolute Gasteiger partial charge is 0.258 e. The van der Waals surface area contributed by atoms with Crippen LogP contribution in [0.5, 0.6) is 0 Å². The molecule has 1 aromatic carbocycles. The third-order valence-corrected chi connectivity index (χ3v) is 6.13. The first-order valence-electron chi connectivity index (χ1n) is 9.16. The fourth-order valence-corrected chi connectivity index (χ4v) is 4.78. The Bertz CT molecular complexity index is 801. The summed E-state index contributed by atoms with van der Waals surface area (Å²) in [4.78, 5) is 27.7. The second kappa shape index (κ2) is 9.32. The van der Waals surface area contributed by atoms with E-state index < -0.39 is 0 Å². The predicted molar refractivity (Wildman–Crippen MR) is 109 cm³/mol. The van der Waals surface area contributed by atoms with E-state index in [0.29, 0.717) is 22.4 Å². The summed E-state index contributed by atoms with van der Waals surface area (Å²) in [5, 5.41) is 12.4. The largest absolute Gasteiger partial charge is 0.342 e. The van der Waals surface area contributed by atoms with E-state index in [1.807, 2.05) is 23.1 Å². The van der Waals surface area contributed by atoms with Gasteiger partial charge in [0.15, 0.2) is 0 Å². The van der Waals surface area contributed by atoms with Crippen LogP contribution in [-0.2, 0) is 11.2 Å². The summed E-state index contributed by atoms with van der Waals surface area (Å²) < 4.78 is 0. The number of carbonyl (C=O) groups is 2.